The Kier molecular flexibility index (Phi) is 5.90. The van der Waals surface area contributed by atoms with Crippen molar-refractivity contribution >= 4 is 0 Å². The molecule has 0 spiro atoms. The second kappa shape index (κ2) is 6.72. The summed E-state index contributed by atoms with van der Waals surface area (Å²) in [4.78, 5) is 2.49. The topological polar surface area (TPSA) is 24.5 Å². The fraction of sp³-hybridized carbons (Fsp3) is 1.00. The van der Waals surface area contributed by atoms with Crippen molar-refractivity contribution in [3.05, 3.63) is 0 Å². The fourth-order valence-electron chi connectivity index (χ4n) is 2.52. The summed E-state index contributed by atoms with van der Waals surface area (Å²) >= 11 is 0. The lowest BCUT2D eigenvalue weighted by molar-refractivity contribution is -0.0639. The van der Waals surface area contributed by atoms with Crippen LogP contribution in [0.5, 0.6) is 0 Å². The van der Waals surface area contributed by atoms with Crippen LogP contribution in [0.4, 0.5) is 0 Å². The minimum Gasteiger partial charge on any atom is -0.374 e. The molecule has 0 aromatic rings. The van der Waals surface area contributed by atoms with Crippen molar-refractivity contribution in [3.63, 3.8) is 0 Å². The zero-order chi connectivity index (χ0) is 12.9. The number of rotatable bonds is 5. The zero-order valence-corrected chi connectivity index (χ0v) is 12.3. The van der Waals surface area contributed by atoms with Gasteiger partial charge in [-0.1, -0.05) is 34.6 Å². The molecule has 3 heteroatoms. The molecule has 1 heterocycles. The van der Waals surface area contributed by atoms with Crippen molar-refractivity contribution in [2.45, 2.75) is 53.2 Å². The quantitative estimate of drug-likeness (QED) is 0.799. The molecule has 1 saturated heterocycles. The summed E-state index contributed by atoms with van der Waals surface area (Å²) in [6.07, 6.45) is 1.51. The van der Waals surface area contributed by atoms with Crippen LogP contribution >= 0.6 is 0 Å². The van der Waals surface area contributed by atoms with Crippen LogP contribution in [-0.4, -0.2) is 49.8 Å². The molecule has 0 bridgehead atoms. The van der Waals surface area contributed by atoms with E-state index >= 15 is 0 Å². The van der Waals surface area contributed by atoms with Crippen molar-refractivity contribution in [2.75, 3.05) is 32.8 Å². The summed E-state index contributed by atoms with van der Waals surface area (Å²) in [6, 6.07) is 0.441. The Morgan fingerprint density at radius 3 is 2.59 bits per heavy atom. The van der Waals surface area contributed by atoms with E-state index in [9.17, 15) is 0 Å². The number of hydrogen-bond acceptors (Lipinski definition) is 3. The van der Waals surface area contributed by atoms with Gasteiger partial charge in [-0.15, -0.1) is 0 Å². The average Bonchev–Trinajstić information content (AvgIpc) is 2.28. The molecule has 0 aliphatic carbocycles. The molecule has 102 valence electrons. The highest BCUT2D eigenvalue weighted by Crippen LogP contribution is 2.25. The van der Waals surface area contributed by atoms with Gasteiger partial charge in [0.25, 0.3) is 0 Å². The Bertz CT molecular complexity index is 213. The summed E-state index contributed by atoms with van der Waals surface area (Å²) in [5.41, 5.74) is 0.247. The lowest BCUT2D eigenvalue weighted by Crippen LogP contribution is -2.57. The molecule has 1 fully saturated rings. The largest absolute Gasteiger partial charge is 0.374 e. The van der Waals surface area contributed by atoms with Crippen molar-refractivity contribution in [2.24, 2.45) is 5.41 Å². The van der Waals surface area contributed by atoms with Crippen LogP contribution in [0.25, 0.3) is 0 Å². The molecule has 3 nitrogen and oxygen atoms in total. The second-order valence-electron chi connectivity index (χ2n) is 6.10. The van der Waals surface area contributed by atoms with Crippen LogP contribution in [0.1, 0.15) is 41.0 Å². The predicted octanol–water partition coefficient (Wildman–Crippen LogP) is 2.12. The Hall–Kier alpha value is -0.120. The third kappa shape index (κ3) is 4.57. The highest BCUT2D eigenvalue weighted by atomic mass is 16.5. The first-order chi connectivity index (χ1) is 7.99. The molecular weight excluding hydrogens is 212 g/mol. The summed E-state index contributed by atoms with van der Waals surface area (Å²) in [6.45, 7) is 16.6. The molecule has 0 saturated carbocycles. The maximum absolute atomic E-state index is 5.99. The van der Waals surface area contributed by atoms with E-state index in [1.165, 1.54) is 6.42 Å². The molecule has 0 aromatic heterocycles. The maximum atomic E-state index is 5.99. The molecule has 2 atom stereocenters. The van der Waals surface area contributed by atoms with Gasteiger partial charge >= 0.3 is 0 Å². The van der Waals surface area contributed by atoms with Gasteiger partial charge in [0.15, 0.2) is 0 Å². The minimum absolute atomic E-state index is 0.247. The van der Waals surface area contributed by atoms with Gasteiger partial charge in [-0.05, 0) is 24.9 Å². The van der Waals surface area contributed by atoms with Crippen LogP contribution in [0, 0.1) is 5.41 Å². The molecule has 17 heavy (non-hydrogen) atoms. The van der Waals surface area contributed by atoms with Gasteiger partial charge < -0.3 is 10.1 Å². The van der Waals surface area contributed by atoms with E-state index in [-0.39, 0.29) is 5.41 Å². The highest BCUT2D eigenvalue weighted by Gasteiger charge is 2.34. The fourth-order valence-corrected chi connectivity index (χ4v) is 2.52. The third-order valence-corrected chi connectivity index (χ3v) is 3.54. The molecule has 1 aliphatic heterocycles. The molecule has 2 unspecified atom stereocenters. The van der Waals surface area contributed by atoms with Gasteiger partial charge in [0.2, 0.25) is 0 Å². The van der Waals surface area contributed by atoms with E-state index in [1.807, 2.05) is 0 Å². The maximum Gasteiger partial charge on any atom is 0.0860 e. The van der Waals surface area contributed by atoms with Crippen LogP contribution in [-0.2, 0) is 4.74 Å². The molecule has 1 rings (SSSR count). The SMILES string of the molecule is CCCNC(C1CN(CC)CCO1)C(C)(C)C. The Balaban J connectivity index is 2.61. The van der Waals surface area contributed by atoms with E-state index in [4.69, 9.17) is 4.74 Å². The van der Waals surface area contributed by atoms with E-state index in [0.29, 0.717) is 12.1 Å². The first kappa shape index (κ1) is 14.9. The smallest absolute Gasteiger partial charge is 0.0860 e. The summed E-state index contributed by atoms with van der Waals surface area (Å²) in [7, 11) is 0. The van der Waals surface area contributed by atoms with Gasteiger partial charge in [0.1, 0.15) is 0 Å². The molecule has 0 amide bonds. The van der Waals surface area contributed by atoms with Crippen molar-refractivity contribution < 1.29 is 4.74 Å². The molecular formula is C14H30N2O. The lowest BCUT2D eigenvalue weighted by atomic mass is 9.82. The second-order valence-corrected chi connectivity index (χ2v) is 6.10. The average molecular weight is 242 g/mol. The number of nitrogens with zero attached hydrogens (tertiary/aromatic N) is 1. The van der Waals surface area contributed by atoms with Crippen LogP contribution < -0.4 is 5.32 Å². The van der Waals surface area contributed by atoms with Crippen molar-refractivity contribution in [1.29, 1.82) is 0 Å². The predicted molar refractivity (Wildman–Crippen MR) is 73.4 cm³/mol. The number of ether oxygens (including phenoxy) is 1. The molecule has 0 aromatic carbocycles. The van der Waals surface area contributed by atoms with Crippen LogP contribution in [0.15, 0.2) is 0 Å². The van der Waals surface area contributed by atoms with Gasteiger partial charge in [-0.2, -0.15) is 0 Å². The lowest BCUT2D eigenvalue weighted by Gasteiger charge is -2.42. The standard InChI is InChI=1S/C14H30N2O/c1-6-8-15-13(14(3,4)5)12-11-16(7-2)9-10-17-12/h12-13,15H,6-11H2,1-5H3. The summed E-state index contributed by atoms with van der Waals surface area (Å²) in [5.74, 6) is 0. The normalized spacial score (nSPS) is 24.9. The van der Waals surface area contributed by atoms with Crippen molar-refractivity contribution in [3.8, 4) is 0 Å². The van der Waals surface area contributed by atoms with Crippen LogP contribution in [0.3, 0.4) is 0 Å². The van der Waals surface area contributed by atoms with Crippen molar-refractivity contribution in [1.82, 2.24) is 10.2 Å². The van der Waals surface area contributed by atoms with E-state index < -0.39 is 0 Å². The van der Waals surface area contributed by atoms with Gasteiger partial charge in [-0.3, -0.25) is 4.90 Å². The number of hydrogen-bond donors (Lipinski definition) is 1. The van der Waals surface area contributed by atoms with Gasteiger partial charge in [-0.25, -0.2) is 0 Å². The zero-order valence-electron chi connectivity index (χ0n) is 12.3. The first-order valence-electron chi connectivity index (χ1n) is 7.06. The Morgan fingerprint density at radius 2 is 2.06 bits per heavy atom. The van der Waals surface area contributed by atoms with E-state index in [0.717, 1.165) is 32.8 Å². The van der Waals surface area contributed by atoms with Gasteiger partial charge in [0, 0.05) is 19.1 Å². The number of nitrogens with one attached hydrogen (secondary N) is 1. The Morgan fingerprint density at radius 1 is 1.35 bits per heavy atom. The highest BCUT2D eigenvalue weighted by molar-refractivity contribution is 4.90. The van der Waals surface area contributed by atoms with E-state index in [1.54, 1.807) is 0 Å². The third-order valence-electron chi connectivity index (χ3n) is 3.54. The summed E-state index contributed by atoms with van der Waals surface area (Å²) in [5, 5.41) is 3.67. The molecule has 1 aliphatic rings. The van der Waals surface area contributed by atoms with E-state index in [2.05, 4.69) is 44.8 Å². The molecule has 0 radical (unpaired) electrons. The first-order valence-corrected chi connectivity index (χ1v) is 7.06. The Labute approximate surface area is 107 Å². The number of morpholine rings is 1. The van der Waals surface area contributed by atoms with Gasteiger partial charge in [0.05, 0.1) is 12.7 Å². The monoisotopic (exact) mass is 242 g/mol. The molecule has 1 N–H and O–H groups in total. The minimum atomic E-state index is 0.247. The summed E-state index contributed by atoms with van der Waals surface area (Å²) < 4.78 is 5.99. The number of likely N-dealkylation sites (N-methyl/N-ethyl adjacent to an activating group) is 1. The van der Waals surface area contributed by atoms with Crippen LogP contribution in [0.2, 0.25) is 0 Å².